The Balaban J connectivity index is 1.40. The summed E-state index contributed by atoms with van der Waals surface area (Å²) < 4.78 is 17.1. The molecule has 3 rings (SSSR count). The Morgan fingerprint density at radius 2 is 1.87 bits per heavy atom. The molecule has 1 aliphatic rings. The highest BCUT2D eigenvalue weighted by Gasteiger charge is 2.22. The van der Waals surface area contributed by atoms with Crippen LogP contribution < -0.4 is 10.1 Å². The second-order valence-electron chi connectivity index (χ2n) is 8.79. The lowest BCUT2D eigenvalue weighted by Crippen LogP contribution is -2.40. The average Bonchev–Trinajstić information content (AvgIpc) is 2.75. The molecule has 1 N–H and O–H groups in total. The highest BCUT2D eigenvalue weighted by molar-refractivity contribution is 5.67. The van der Waals surface area contributed by atoms with E-state index in [4.69, 9.17) is 14.2 Å². The van der Waals surface area contributed by atoms with Crippen molar-refractivity contribution in [1.29, 1.82) is 0 Å². The van der Waals surface area contributed by atoms with E-state index in [9.17, 15) is 4.79 Å². The molecule has 0 saturated carbocycles. The van der Waals surface area contributed by atoms with Gasteiger partial charge in [-0.25, -0.2) is 4.79 Å². The number of morpholine rings is 1. The molecule has 168 valence electrons. The zero-order valence-electron chi connectivity index (χ0n) is 18.8. The van der Waals surface area contributed by atoms with Crippen LogP contribution in [0.2, 0.25) is 0 Å². The van der Waals surface area contributed by atoms with Crippen LogP contribution in [0.5, 0.6) is 5.75 Å². The van der Waals surface area contributed by atoms with E-state index in [1.54, 1.807) is 0 Å². The molecular weight excluding hydrogens is 392 g/mol. The normalized spacial score (nSPS) is 17.2. The number of alkyl carbamates (subject to hydrolysis) is 1. The maximum absolute atomic E-state index is 11.7. The summed E-state index contributed by atoms with van der Waals surface area (Å²) in [7, 11) is 0. The van der Waals surface area contributed by atoms with Gasteiger partial charge in [-0.2, -0.15) is 0 Å². The highest BCUT2D eigenvalue weighted by atomic mass is 16.6. The van der Waals surface area contributed by atoms with Crippen molar-refractivity contribution in [3.63, 3.8) is 0 Å². The van der Waals surface area contributed by atoms with Crippen molar-refractivity contribution in [3.05, 3.63) is 65.7 Å². The number of carbonyl (C=O) groups is 1. The van der Waals surface area contributed by atoms with Gasteiger partial charge < -0.3 is 19.5 Å². The summed E-state index contributed by atoms with van der Waals surface area (Å²) in [5.74, 6) is 0.855. The van der Waals surface area contributed by atoms with Gasteiger partial charge in [-0.05, 0) is 50.5 Å². The molecule has 0 bridgehead atoms. The number of ether oxygens (including phenoxy) is 3. The molecule has 1 unspecified atom stereocenters. The summed E-state index contributed by atoms with van der Waals surface area (Å²) in [5, 5.41) is 2.82. The molecule has 6 heteroatoms. The van der Waals surface area contributed by atoms with Crippen LogP contribution in [-0.2, 0) is 16.1 Å². The minimum atomic E-state index is -0.469. The fraction of sp³-hybridized carbons (Fsp3) is 0.480. The van der Waals surface area contributed by atoms with Crippen LogP contribution in [0, 0.1) is 0 Å². The van der Waals surface area contributed by atoms with Crippen LogP contribution >= 0.6 is 0 Å². The fourth-order valence-electron chi connectivity index (χ4n) is 3.43. The Morgan fingerprint density at radius 3 is 2.58 bits per heavy atom. The van der Waals surface area contributed by atoms with Crippen molar-refractivity contribution >= 4 is 6.09 Å². The molecule has 1 heterocycles. The Kier molecular flexibility index (Phi) is 8.32. The van der Waals surface area contributed by atoms with Gasteiger partial charge in [-0.1, -0.05) is 42.5 Å². The summed E-state index contributed by atoms with van der Waals surface area (Å²) in [6.45, 7) is 10.1. The number of carbonyl (C=O) groups excluding carboxylic acids is 1. The van der Waals surface area contributed by atoms with Crippen LogP contribution in [0.25, 0.3) is 0 Å². The average molecular weight is 427 g/mol. The van der Waals surface area contributed by atoms with Gasteiger partial charge >= 0.3 is 6.09 Å². The molecule has 6 nitrogen and oxygen atoms in total. The predicted molar refractivity (Wildman–Crippen MR) is 121 cm³/mol. The SMILES string of the molecule is CC(C)(C)OC(=O)NCCCN1CCOC(c2ccc(OCc3ccccc3)cc2)C1. The second kappa shape index (κ2) is 11.2. The van der Waals surface area contributed by atoms with Gasteiger partial charge in [0.1, 0.15) is 18.0 Å². The topological polar surface area (TPSA) is 60.0 Å². The van der Waals surface area contributed by atoms with E-state index in [1.165, 1.54) is 0 Å². The molecule has 0 radical (unpaired) electrons. The van der Waals surface area contributed by atoms with Gasteiger partial charge in [0.05, 0.1) is 12.7 Å². The first-order valence-electron chi connectivity index (χ1n) is 11.0. The quantitative estimate of drug-likeness (QED) is 0.628. The van der Waals surface area contributed by atoms with Gasteiger partial charge in [0, 0.05) is 26.2 Å². The van der Waals surface area contributed by atoms with E-state index < -0.39 is 5.60 Å². The van der Waals surface area contributed by atoms with E-state index in [1.807, 2.05) is 51.1 Å². The number of nitrogens with zero attached hydrogens (tertiary/aromatic N) is 1. The molecule has 1 fully saturated rings. The lowest BCUT2D eigenvalue weighted by atomic mass is 10.1. The largest absolute Gasteiger partial charge is 0.489 e. The van der Waals surface area contributed by atoms with E-state index in [0.29, 0.717) is 19.8 Å². The molecular formula is C25H34N2O4. The number of hydrogen-bond donors (Lipinski definition) is 1. The monoisotopic (exact) mass is 426 g/mol. The van der Waals surface area contributed by atoms with Crippen molar-refractivity contribution in [1.82, 2.24) is 10.2 Å². The summed E-state index contributed by atoms with van der Waals surface area (Å²) >= 11 is 0. The third-order valence-corrected chi connectivity index (χ3v) is 4.97. The first-order chi connectivity index (χ1) is 14.9. The van der Waals surface area contributed by atoms with Gasteiger partial charge in [-0.15, -0.1) is 0 Å². The lowest BCUT2D eigenvalue weighted by Gasteiger charge is -2.33. The smallest absolute Gasteiger partial charge is 0.407 e. The van der Waals surface area contributed by atoms with Crippen LogP contribution in [-0.4, -0.2) is 49.4 Å². The van der Waals surface area contributed by atoms with Gasteiger partial charge in [0.15, 0.2) is 0 Å². The molecule has 0 aromatic heterocycles. The summed E-state index contributed by atoms with van der Waals surface area (Å²) in [5.41, 5.74) is 1.84. The van der Waals surface area contributed by atoms with Crippen molar-refractivity contribution in [2.24, 2.45) is 0 Å². The molecule has 31 heavy (non-hydrogen) atoms. The molecule has 1 saturated heterocycles. The van der Waals surface area contributed by atoms with E-state index in [-0.39, 0.29) is 12.2 Å². The van der Waals surface area contributed by atoms with E-state index >= 15 is 0 Å². The molecule has 2 aromatic carbocycles. The molecule has 1 atom stereocenters. The third kappa shape index (κ3) is 8.23. The Hall–Kier alpha value is -2.57. The number of hydrogen-bond acceptors (Lipinski definition) is 5. The Labute approximate surface area is 185 Å². The molecule has 0 aliphatic carbocycles. The van der Waals surface area contributed by atoms with Crippen LogP contribution in [0.3, 0.4) is 0 Å². The van der Waals surface area contributed by atoms with Gasteiger partial charge in [0.25, 0.3) is 0 Å². The van der Waals surface area contributed by atoms with Crippen molar-refractivity contribution < 1.29 is 19.0 Å². The standard InChI is InChI=1S/C25H34N2O4/c1-25(2,3)31-24(28)26-14-7-15-27-16-17-29-23(18-27)21-10-12-22(13-11-21)30-19-20-8-5-4-6-9-20/h4-6,8-13,23H,7,14-19H2,1-3H3,(H,26,28). The van der Waals surface area contributed by atoms with Crippen LogP contribution in [0.15, 0.2) is 54.6 Å². The maximum atomic E-state index is 11.7. The number of nitrogens with one attached hydrogen (secondary N) is 1. The molecule has 1 aliphatic heterocycles. The lowest BCUT2D eigenvalue weighted by molar-refractivity contribution is -0.0302. The Morgan fingerprint density at radius 1 is 1.13 bits per heavy atom. The number of amides is 1. The van der Waals surface area contributed by atoms with Gasteiger partial charge in [0.2, 0.25) is 0 Å². The van der Waals surface area contributed by atoms with Gasteiger partial charge in [-0.3, -0.25) is 4.90 Å². The molecule has 2 aromatic rings. The highest BCUT2D eigenvalue weighted by Crippen LogP contribution is 2.24. The minimum absolute atomic E-state index is 0.0516. The summed E-state index contributed by atoms with van der Waals surface area (Å²) in [6, 6.07) is 18.3. The van der Waals surface area contributed by atoms with Crippen molar-refractivity contribution in [3.8, 4) is 5.75 Å². The minimum Gasteiger partial charge on any atom is -0.489 e. The fourth-order valence-corrected chi connectivity index (χ4v) is 3.43. The first kappa shape index (κ1) is 23.1. The predicted octanol–water partition coefficient (Wildman–Crippen LogP) is 4.55. The summed E-state index contributed by atoms with van der Waals surface area (Å²) in [4.78, 5) is 14.1. The maximum Gasteiger partial charge on any atom is 0.407 e. The van der Waals surface area contributed by atoms with E-state index in [0.717, 1.165) is 42.9 Å². The van der Waals surface area contributed by atoms with Crippen molar-refractivity contribution in [2.75, 3.05) is 32.8 Å². The molecule has 0 spiro atoms. The zero-order valence-corrected chi connectivity index (χ0v) is 18.8. The van der Waals surface area contributed by atoms with Crippen LogP contribution in [0.4, 0.5) is 4.79 Å². The zero-order chi connectivity index (χ0) is 22.1. The second-order valence-corrected chi connectivity index (χ2v) is 8.79. The Bertz CT molecular complexity index is 803. The molecule has 1 amide bonds. The first-order valence-corrected chi connectivity index (χ1v) is 11.0. The third-order valence-electron chi connectivity index (χ3n) is 4.97. The van der Waals surface area contributed by atoms with Crippen LogP contribution in [0.1, 0.15) is 44.4 Å². The number of benzene rings is 2. The number of rotatable bonds is 8. The van der Waals surface area contributed by atoms with E-state index in [2.05, 4.69) is 34.5 Å². The summed E-state index contributed by atoms with van der Waals surface area (Å²) in [6.07, 6.45) is 0.566. The van der Waals surface area contributed by atoms with Crippen molar-refractivity contribution in [2.45, 2.75) is 45.5 Å².